The minimum atomic E-state index is -0.890. The number of esters is 1. The molecule has 1 rings (SSSR count). The molecule has 0 aliphatic heterocycles. The molecule has 0 radical (unpaired) electrons. The Bertz CT molecular complexity index is 501. The topological polar surface area (TPSA) is 105 Å². The highest BCUT2D eigenvalue weighted by Gasteiger charge is 2.17. The van der Waals surface area contributed by atoms with Gasteiger partial charge in [-0.05, 0) is 18.6 Å². The van der Waals surface area contributed by atoms with Crippen molar-refractivity contribution >= 4 is 23.5 Å². The second-order valence-corrected chi connectivity index (χ2v) is 3.82. The molecule has 0 aliphatic carbocycles. The number of para-hydroxylation sites is 1. The molecule has 1 aromatic carbocycles. The lowest BCUT2D eigenvalue weighted by Crippen LogP contribution is -2.36. The fourth-order valence-electron chi connectivity index (χ4n) is 1.42. The van der Waals surface area contributed by atoms with Crippen LogP contribution in [-0.4, -0.2) is 43.2 Å². The summed E-state index contributed by atoms with van der Waals surface area (Å²) in [5.41, 5.74) is 0.355. The number of rotatable bonds is 5. The van der Waals surface area contributed by atoms with Gasteiger partial charge in [0.15, 0.2) is 0 Å². The van der Waals surface area contributed by atoms with Gasteiger partial charge in [0.25, 0.3) is 0 Å². The summed E-state index contributed by atoms with van der Waals surface area (Å²) in [4.78, 5) is 34.6. The number of hydrogen-bond donors (Lipinski definition) is 3. The van der Waals surface area contributed by atoms with Gasteiger partial charge in [-0.1, -0.05) is 12.1 Å². The van der Waals surface area contributed by atoms with Crippen LogP contribution in [0.3, 0.4) is 0 Å². The van der Waals surface area contributed by atoms with Crippen molar-refractivity contribution in [3.8, 4) is 0 Å². The monoisotopic (exact) mass is 280 g/mol. The molecule has 20 heavy (non-hydrogen) atoms. The first kappa shape index (κ1) is 15.6. The third-order valence-electron chi connectivity index (χ3n) is 2.41. The quantitative estimate of drug-likeness (QED) is 0.397. The van der Waals surface area contributed by atoms with Crippen LogP contribution in [0.4, 0.5) is 5.69 Å². The molecule has 0 aromatic heterocycles. The van der Waals surface area contributed by atoms with Crippen molar-refractivity contribution < 1.29 is 24.2 Å². The lowest BCUT2D eigenvalue weighted by molar-refractivity contribution is -0.136. The fraction of sp³-hybridized carbons (Fsp3) is 0.308. The highest BCUT2D eigenvalue weighted by atomic mass is 16.5. The summed E-state index contributed by atoms with van der Waals surface area (Å²) in [5, 5.41) is 13.3. The number of anilines is 1. The van der Waals surface area contributed by atoms with Gasteiger partial charge in [0.2, 0.25) is 0 Å². The summed E-state index contributed by atoms with van der Waals surface area (Å²) in [6.45, 7) is 0.120. The van der Waals surface area contributed by atoms with E-state index in [0.29, 0.717) is 6.42 Å². The smallest absolute Gasteiger partial charge is 0.339 e. The second kappa shape index (κ2) is 7.90. The largest absolute Gasteiger partial charge is 0.465 e. The van der Waals surface area contributed by atoms with Crippen molar-refractivity contribution in [2.75, 3.05) is 25.6 Å². The number of ether oxygens (including phenoxy) is 1. The Balaban J connectivity index is 2.71. The van der Waals surface area contributed by atoms with E-state index in [2.05, 4.69) is 15.4 Å². The van der Waals surface area contributed by atoms with Crippen LogP contribution in [0.25, 0.3) is 0 Å². The molecular weight excluding hydrogens is 264 g/mol. The van der Waals surface area contributed by atoms with Crippen molar-refractivity contribution in [1.82, 2.24) is 5.32 Å². The maximum absolute atomic E-state index is 11.6. The molecule has 7 heteroatoms. The van der Waals surface area contributed by atoms with E-state index in [1.807, 2.05) is 0 Å². The van der Waals surface area contributed by atoms with Gasteiger partial charge >= 0.3 is 17.8 Å². The van der Waals surface area contributed by atoms with Crippen molar-refractivity contribution in [3.63, 3.8) is 0 Å². The van der Waals surface area contributed by atoms with E-state index >= 15 is 0 Å². The molecule has 108 valence electrons. The summed E-state index contributed by atoms with van der Waals surface area (Å²) in [6, 6.07) is 6.20. The molecule has 0 fully saturated rings. The van der Waals surface area contributed by atoms with E-state index in [9.17, 15) is 14.4 Å². The third-order valence-corrected chi connectivity index (χ3v) is 2.41. The van der Waals surface area contributed by atoms with Gasteiger partial charge in [-0.25, -0.2) is 4.79 Å². The van der Waals surface area contributed by atoms with Gasteiger partial charge < -0.3 is 20.5 Å². The first-order valence-electron chi connectivity index (χ1n) is 5.97. The normalized spacial score (nSPS) is 9.70. The van der Waals surface area contributed by atoms with Crippen LogP contribution in [0.5, 0.6) is 0 Å². The molecule has 0 aliphatic rings. The van der Waals surface area contributed by atoms with E-state index in [-0.39, 0.29) is 24.4 Å². The molecule has 7 nitrogen and oxygen atoms in total. The van der Waals surface area contributed by atoms with Crippen LogP contribution >= 0.6 is 0 Å². The molecule has 0 heterocycles. The zero-order chi connectivity index (χ0) is 15.0. The van der Waals surface area contributed by atoms with E-state index < -0.39 is 17.8 Å². The Morgan fingerprint density at radius 2 is 1.90 bits per heavy atom. The molecular formula is C13H16N2O5. The van der Waals surface area contributed by atoms with Crippen molar-refractivity contribution in [1.29, 1.82) is 0 Å². The predicted octanol–water partition coefficient (Wildman–Crippen LogP) is -0.0897. The highest BCUT2D eigenvalue weighted by Crippen LogP contribution is 2.15. The lowest BCUT2D eigenvalue weighted by atomic mass is 10.2. The maximum Gasteiger partial charge on any atom is 0.339 e. The lowest BCUT2D eigenvalue weighted by Gasteiger charge is -2.09. The van der Waals surface area contributed by atoms with Crippen molar-refractivity contribution in [2.45, 2.75) is 6.42 Å². The number of nitrogens with one attached hydrogen (secondary N) is 2. The molecule has 0 spiro atoms. The maximum atomic E-state index is 11.6. The first-order valence-corrected chi connectivity index (χ1v) is 5.97. The van der Waals surface area contributed by atoms with Crippen LogP contribution in [0.2, 0.25) is 0 Å². The van der Waals surface area contributed by atoms with E-state index in [4.69, 9.17) is 5.11 Å². The Hall–Kier alpha value is -2.41. The highest BCUT2D eigenvalue weighted by molar-refractivity contribution is 6.40. The summed E-state index contributed by atoms with van der Waals surface area (Å²) in [6.07, 6.45) is 0.359. The molecule has 0 atom stereocenters. The van der Waals surface area contributed by atoms with Gasteiger partial charge in [0.1, 0.15) is 0 Å². The number of carbonyl (C=O) groups is 3. The van der Waals surface area contributed by atoms with E-state index in [1.54, 1.807) is 12.1 Å². The molecule has 0 unspecified atom stereocenters. The standard InChI is InChI=1S/C13H16N2O5/c1-20-13(19)9-5-2-3-6-10(9)15-12(18)11(17)14-7-4-8-16/h2-3,5-6,16H,4,7-8H2,1H3,(H,14,17)(H,15,18). The van der Waals surface area contributed by atoms with Crippen LogP contribution in [0, 0.1) is 0 Å². The summed E-state index contributed by atoms with van der Waals surface area (Å²) in [7, 11) is 1.22. The van der Waals surface area contributed by atoms with Crippen molar-refractivity contribution in [2.24, 2.45) is 0 Å². The zero-order valence-electron chi connectivity index (χ0n) is 11.0. The van der Waals surface area contributed by atoms with Gasteiger partial charge in [-0.2, -0.15) is 0 Å². The molecule has 0 bridgehead atoms. The minimum absolute atomic E-state index is 0.0763. The molecule has 0 saturated carbocycles. The van der Waals surface area contributed by atoms with Crippen molar-refractivity contribution in [3.05, 3.63) is 29.8 Å². The van der Waals surface area contributed by atoms with E-state index in [1.165, 1.54) is 19.2 Å². The Kier molecular flexibility index (Phi) is 6.18. The number of aliphatic hydroxyl groups is 1. The number of amides is 2. The number of carbonyl (C=O) groups excluding carboxylic acids is 3. The van der Waals surface area contributed by atoms with Crippen LogP contribution < -0.4 is 10.6 Å². The Labute approximate surface area is 115 Å². The SMILES string of the molecule is COC(=O)c1ccccc1NC(=O)C(=O)NCCCO. The molecule has 3 N–H and O–H groups in total. The number of hydrogen-bond acceptors (Lipinski definition) is 5. The average molecular weight is 280 g/mol. The number of methoxy groups -OCH3 is 1. The number of aliphatic hydroxyl groups excluding tert-OH is 1. The van der Waals surface area contributed by atoms with Gasteiger partial charge in [0.05, 0.1) is 18.4 Å². The zero-order valence-corrected chi connectivity index (χ0v) is 11.0. The Morgan fingerprint density at radius 3 is 2.55 bits per heavy atom. The fourth-order valence-corrected chi connectivity index (χ4v) is 1.42. The Morgan fingerprint density at radius 1 is 1.20 bits per heavy atom. The summed E-state index contributed by atoms with van der Waals surface area (Å²) >= 11 is 0. The number of benzene rings is 1. The second-order valence-electron chi connectivity index (χ2n) is 3.82. The van der Waals surface area contributed by atoms with Gasteiger partial charge in [0, 0.05) is 13.2 Å². The molecule has 1 aromatic rings. The van der Waals surface area contributed by atoms with Crippen LogP contribution in [0.1, 0.15) is 16.8 Å². The predicted molar refractivity (Wildman–Crippen MR) is 71.1 cm³/mol. The van der Waals surface area contributed by atoms with Crippen LogP contribution in [-0.2, 0) is 14.3 Å². The van der Waals surface area contributed by atoms with E-state index in [0.717, 1.165) is 0 Å². The summed E-state index contributed by atoms with van der Waals surface area (Å²) < 4.78 is 4.58. The van der Waals surface area contributed by atoms with Gasteiger partial charge in [-0.15, -0.1) is 0 Å². The third kappa shape index (κ3) is 4.36. The first-order chi connectivity index (χ1) is 9.60. The van der Waals surface area contributed by atoms with Gasteiger partial charge in [-0.3, -0.25) is 9.59 Å². The molecule has 2 amide bonds. The molecule has 0 saturated heterocycles. The summed E-state index contributed by atoms with van der Waals surface area (Å²) in [5.74, 6) is -2.33. The van der Waals surface area contributed by atoms with Crippen LogP contribution in [0.15, 0.2) is 24.3 Å². The minimum Gasteiger partial charge on any atom is -0.465 e. The average Bonchev–Trinajstić information content (AvgIpc) is 2.47.